The standard InChI is InChI=1S/C27H24N4O3S/c1-16-7-10-20(11-8-16)29-24(32)15-31-22-14-19(9-12-23(22)34-17(2)27(31)33)25-18(3)35-26(30-25)21-6-4-5-13-28-21/h4-14,17H,15H2,1-3H3,(H,29,32). The fourth-order valence-electron chi connectivity index (χ4n) is 3.96. The van der Waals surface area contributed by atoms with Crippen LogP contribution in [0.4, 0.5) is 11.4 Å². The van der Waals surface area contributed by atoms with Crippen LogP contribution in [0.15, 0.2) is 66.9 Å². The van der Waals surface area contributed by atoms with Crippen molar-refractivity contribution in [3.8, 4) is 27.7 Å². The molecule has 8 heteroatoms. The number of ether oxygens (including phenoxy) is 1. The van der Waals surface area contributed by atoms with Crippen LogP contribution in [-0.2, 0) is 9.59 Å². The van der Waals surface area contributed by atoms with Gasteiger partial charge >= 0.3 is 0 Å². The minimum atomic E-state index is -0.683. The predicted molar refractivity (Wildman–Crippen MR) is 138 cm³/mol. The first kappa shape index (κ1) is 22.7. The van der Waals surface area contributed by atoms with Crippen LogP contribution in [0.2, 0.25) is 0 Å². The van der Waals surface area contributed by atoms with Gasteiger partial charge in [-0.05, 0) is 63.2 Å². The molecule has 0 radical (unpaired) electrons. The maximum absolute atomic E-state index is 13.0. The summed E-state index contributed by atoms with van der Waals surface area (Å²) in [6.07, 6.45) is 1.06. The van der Waals surface area contributed by atoms with E-state index in [9.17, 15) is 9.59 Å². The molecule has 0 fully saturated rings. The van der Waals surface area contributed by atoms with E-state index in [2.05, 4.69) is 10.3 Å². The number of pyridine rings is 1. The van der Waals surface area contributed by atoms with E-state index in [0.29, 0.717) is 17.1 Å². The first-order chi connectivity index (χ1) is 16.9. The maximum atomic E-state index is 13.0. The molecule has 1 atom stereocenters. The SMILES string of the molecule is Cc1ccc(NC(=O)CN2C(=O)C(C)Oc3ccc(-c4nc(-c5ccccn5)sc4C)cc32)cc1. The quantitative estimate of drug-likeness (QED) is 0.419. The van der Waals surface area contributed by atoms with E-state index in [1.165, 1.54) is 4.90 Å². The van der Waals surface area contributed by atoms with Crippen molar-refractivity contribution in [3.05, 3.63) is 77.3 Å². The van der Waals surface area contributed by atoms with Gasteiger partial charge in [-0.3, -0.25) is 19.5 Å². The molecule has 2 amide bonds. The van der Waals surface area contributed by atoms with E-state index in [-0.39, 0.29) is 18.4 Å². The van der Waals surface area contributed by atoms with Gasteiger partial charge in [0.25, 0.3) is 5.91 Å². The van der Waals surface area contributed by atoms with Gasteiger partial charge in [-0.2, -0.15) is 0 Å². The summed E-state index contributed by atoms with van der Waals surface area (Å²) >= 11 is 1.56. The molecule has 0 saturated carbocycles. The normalized spacial score (nSPS) is 14.9. The lowest BCUT2D eigenvalue weighted by molar-refractivity contribution is -0.127. The third-order valence-corrected chi connectivity index (χ3v) is 6.75. The zero-order valence-electron chi connectivity index (χ0n) is 19.6. The number of carbonyl (C=O) groups is 2. The number of aromatic nitrogens is 2. The largest absolute Gasteiger partial charge is 0.479 e. The number of nitrogens with one attached hydrogen (secondary N) is 1. The van der Waals surface area contributed by atoms with Crippen molar-refractivity contribution < 1.29 is 14.3 Å². The van der Waals surface area contributed by atoms with Gasteiger partial charge in [0, 0.05) is 22.3 Å². The minimum Gasteiger partial charge on any atom is -0.479 e. The summed E-state index contributed by atoms with van der Waals surface area (Å²) in [4.78, 5) is 37.6. The second kappa shape index (κ2) is 9.31. The average molecular weight is 485 g/mol. The van der Waals surface area contributed by atoms with Gasteiger partial charge in [0.1, 0.15) is 17.3 Å². The number of fused-ring (bicyclic) bond motifs is 1. The van der Waals surface area contributed by atoms with Crippen molar-refractivity contribution in [2.45, 2.75) is 26.9 Å². The number of aryl methyl sites for hydroxylation is 2. The number of hydrogen-bond acceptors (Lipinski definition) is 6. The fraction of sp³-hybridized carbons (Fsp3) is 0.185. The lowest BCUT2D eigenvalue weighted by Crippen LogP contribution is -2.47. The Morgan fingerprint density at radius 2 is 1.91 bits per heavy atom. The Labute approximate surface area is 207 Å². The summed E-state index contributed by atoms with van der Waals surface area (Å²) < 4.78 is 5.83. The third-order valence-electron chi connectivity index (χ3n) is 5.76. The van der Waals surface area contributed by atoms with E-state index in [4.69, 9.17) is 9.72 Å². The Morgan fingerprint density at radius 3 is 2.66 bits per heavy atom. The van der Waals surface area contributed by atoms with Gasteiger partial charge in [0.2, 0.25) is 5.91 Å². The van der Waals surface area contributed by atoms with Crippen molar-refractivity contribution in [1.29, 1.82) is 0 Å². The Kier molecular flexibility index (Phi) is 6.05. The molecule has 1 aliphatic rings. The summed E-state index contributed by atoms with van der Waals surface area (Å²) in [7, 11) is 0. The molecule has 0 aliphatic carbocycles. The Morgan fingerprint density at radius 1 is 1.11 bits per heavy atom. The van der Waals surface area contributed by atoms with Crippen LogP contribution in [0.1, 0.15) is 17.4 Å². The molecule has 2 aromatic carbocycles. The summed E-state index contributed by atoms with van der Waals surface area (Å²) in [6, 6.07) is 18.9. The minimum absolute atomic E-state index is 0.119. The highest BCUT2D eigenvalue weighted by Crippen LogP contribution is 2.40. The monoisotopic (exact) mass is 484 g/mol. The van der Waals surface area contributed by atoms with Gasteiger partial charge < -0.3 is 10.1 Å². The number of thiazole rings is 1. The van der Waals surface area contributed by atoms with E-state index in [0.717, 1.165) is 32.4 Å². The average Bonchev–Trinajstić information content (AvgIpc) is 3.25. The first-order valence-corrected chi connectivity index (χ1v) is 12.1. The van der Waals surface area contributed by atoms with Crippen LogP contribution in [0, 0.1) is 13.8 Å². The fourth-order valence-corrected chi connectivity index (χ4v) is 4.87. The van der Waals surface area contributed by atoms with Gasteiger partial charge in [-0.1, -0.05) is 23.8 Å². The molecule has 1 aliphatic heterocycles. The Balaban J connectivity index is 1.45. The van der Waals surface area contributed by atoms with Gasteiger partial charge in [-0.15, -0.1) is 11.3 Å². The zero-order valence-corrected chi connectivity index (χ0v) is 20.4. The summed E-state index contributed by atoms with van der Waals surface area (Å²) in [5, 5.41) is 3.69. The lowest BCUT2D eigenvalue weighted by atomic mass is 10.1. The van der Waals surface area contributed by atoms with Crippen LogP contribution in [-0.4, -0.2) is 34.4 Å². The second-order valence-corrected chi connectivity index (χ2v) is 9.62. The Hall–Kier alpha value is -4.04. The topological polar surface area (TPSA) is 84.4 Å². The number of rotatable bonds is 5. The molecule has 2 aromatic heterocycles. The van der Waals surface area contributed by atoms with Gasteiger partial charge in [-0.25, -0.2) is 4.98 Å². The van der Waals surface area contributed by atoms with E-state index >= 15 is 0 Å². The molecule has 176 valence electrons. The zero-order chi connectivity index (χ0) is 24.5. The van der Waals surface area contributed by atoms with E-state index in [1.807, 2.05) is 74.5 Å². The molecule has 7 nitrogen and oxygen atoms in total. The van der Waals surface area contributed by atoms with Crippen LogP contribution >= 0.6 is 11.3 Å². The molecule has 0 bridgehead atoms. The molecular formula is C27H24N4O3S. The summed E-state index contributed by atoms with van der Waals surface area (Å²) in [5.41, 5.74) is 4.81. The number of amides is 2. The van der Waals surface area contributed by atoms with Crippen LogP contribution in [0.25, 0.3) is 22.0 Å². The third kappa shape index (κ3) is 4.65. The molecule has 3 heterocycles. The first-order valence-electron chi connectivity index (χ1n) is 11.3. The van der Waals surface area contributed by atoms with Gasteiger partial charge in [0.15, 0.2) is 6.10 Å². The van der Waals surface area contributed by atoms with Crippen LogP contribution < -0.4 is 15.0 Å². The van der Waals surface area contributed by atoms with E-state index < -0.39 is 6.10 Å². The molecule has 5 rings (SSSR count). The maximum Gasteiger partial charge on any atom is 0.268 e. The smallest absolute Gasteiger partial charge is 0.268 e. The highest BCUT2D eigenvalue weighted by Gasteiger charge is 2.33. The highest BCUT2D eigenvalue weighted by atomic mass is 32.1. The molecule has 35 heavy (non-hydrogen) atoms. The highest BCUT2D eigenvalue weighted by molar-refractivity contribution is 7.15. The van der Waals surface area contributed by atoms with Crippen molar-refractivity contribution in [3.63, 3.8) is 0 Å². The van der Waals surface area contributed by atoms with Crippen LogP contribution in [0.5, 0.6) is 5.75 Å². The molecule has 1 N–H and O–H groups in total. The molecule has 0 spiro atoms. The molecule has 4 aromatic rings. The molecular weight excluding hydrogens is 460 g/mol. The predicted octanol–water partition coefficient (Wildman–Crippen LogP) is 5.24. The van der Waals surface area contributed by atoms with Crippen molar-refractivity contribution in [2.75, 3.05) is 16.8 Å². The van der Waals surface area contributed by atoms with Crippen LogP contribution in [0.3, 0.4) is 0 Å². The van der Waals surface area contributed by atoms with Gasteiger partial charge in [0.05, 0.1) is 17.1 Å². The number of benzene rings is 2. The Bertz CT molecular complexity index is 1400. The summed E-state index contributed by atoms with van der Waals surface area (Å²) in [6.45, 7) is 5.56. The number of anilines is 2. The summed E-state index contributed by atoms with van der Waals surface area (Å²) in [5.74, 6) is 0.00892. The number of nitrogens with zero attached hydrogens (tertiary/aromatic N) is 3. The number of carbonyl (C=O) groups excluding carboxylic acids is 2. The van der Waals surface area contributed by atoms with Crippen molar-refractivity contribution in [1.82, 2.24) is 9.97 Å². The van der Waals surface area contributed by atoms with Crippen molar-refractivity contribution in [2.24, 2.45) is 0 Å². The van der Waals surface area contributed by atoms with E-state index in [1.54, 1.807) is 24.5 Å². The molecule has 0 saturated heterocycles. The molecule has 1 unspecified atom stereocenters. The van der Waals surface area contributed by atoms with Crippen molar-refractivity contribution >= 4 is 34.5 Å². The lowest BCUT2D eigenvalue weighted by Gasteiger charge is -2.33. The second-order valence-electron chi connectivity index (χ2n) is 8.42. The number of hydrogen-bond donors (Lipinski definition) is 1.